The van der Waals surface area contributed by atoms with E-state index in [9.17, 15) is 4.39 Å². The van der Waals surface area contributed by atoms with E-state index in [-0.39, 0.29) is 5.82 Å². The minimum atomic E-state index is -0.306. The second kappa shape index (κ2) is 5.94. The zero-order valence-electron chi connectivity index (χ0n) is 10.1. The molecule has 0 radical (unpaired) electrons. The van der Waals surface area contributed by atoms with Crippen molar-refractivity contribution in [3.63, 3.8) is 0 Å². The Kier molecular flexibility index (Phi) is 4.28. The minimum Gasteiger partial charge on any atom is -0.309 e. The largest absolute Gasteiger partial charge is 0.309 e. The Labute approximate surface area is 111 Å². The van der Waals surface area contributed by atoms with E-state index in [2.05, 4.69) is 10.3 Å². The van der Waals surface area contributed by atoms with Crippen molar-refractivity contribution in [2.45, 2.75) is 20.0 Å². The zero-order chi connectivity index (χ0) is 13.0. The van der Waals surface area contributed by atoms with E-state index in [4.69, 9.17) is 11.6 Å². The molecule has 2 nitrogen and oxygen atoms in total. The highest BCUT2D eigenvalue weighted by molar-refractivity contribution is 6.30. The number of hydrogen-bond acceptors (Lipinski definition) is 2. The molecule has 0 spiro atoms. The molecule has 4 heteroatoms. The van der Waals surface area contributed by atoms with Gasteiger partial charge in [0.05, 0.1) is 0 Å². The molecule has 0 aliphatic heterocycles. The molecule has 0 bridgehead atoms. The zero-order valence-corrected chi connectivity index (χ0v) is 10.8. The van der Waals surface area contributed by atoms with Gasteiger partial charge in [-0.1, -0.05) is 11.6 Å². The van der Waals surface area contributed by atoms with Crippen molar-refractivity contribution in [1.29, 1.82) is 0 Å². The molecule has 1 heterocycles. The summed E-state index contributed by atoms with van der Waals surface area (Å²) in [6.45, 7) is 3.32. The maximum atomic E-state index is 13.1. The summed E-state index contributed by atoms with van der Waals surface area (Å²) >= 11 is 5.80. The number of aryl methyl sites for hydroxylation is 1. The third-order valence-corrected chi connectivity index (χ3v) is 2.92. The molecule has 0 fully saturated rings. The molecule has 0 aliphatic rings. The van der Waals surface area contributed by atoms with E-state index in [1.54, 1.807) is 12.3 Å². The number of rotatable bonds is 4. The Hall–Kier alpha value is -1.45. The lowest BCUT2D eigenvalue weighted by Gasteiger charge is -2.07. The van der Waals surface area contributed by atoms with E-state index < -0.39 is 0 Å². The van der Waals surface area contributed by atoms with Gasteiger partial charge < -0.3 is 5.32 Å². The highest BCUT2D eigenvalue weighted by atomic mass is 35.5. The Bertz CT molecular complexity index is 523. The van der Waals surface area contributed by atoms with E-state index in [0.29, 0.717) is 11.6 Å². The Morgan fingerprint density at radius 1 is 1.28 bits per heavy atom. The molecule has 94 valence electrons. The number of pyridine rings is 1. The average Bonchev–Trinajstić information content (AvgIpc) is 2.30. The highest BCUT2D eigenvalue weighted by Crippen LogP contribution is 2.14. The first-order valence-corrected chi connectivity index (χ1v) is 6.08. The summed E-state index contributed by atoms with van der Waals surface area (Å²) in [5, 5.41) is 3.68. The van der Waals surface area contributed by atoms with Crippen LogP contribution in [0.5, 0.6) is 0 Å². The third kappa shape index (κ3) is 3.52. The van der Waals surface area contributed by atoms with Gasteiger partial charge in [-0.15, -0.1) is 0 Å². The van der Waals surface area contributed by atoms with Gasteiger partial charge in [-0.25, -0.2) is 4.39 Å². The van der Waals surface area contributed by atoms with Gasteiger partial charge in [-0.05, 0) is 47.9 Å². The van der Waals surface area contributed by atoms with Gasteiger partial charge in [0.15, 0.2) is 0 Å². The van der Waals surface area contributed by atoms with E-state index in [0.717, 1.165) is 17.7 Å². The van der Waals surface area contributed by atoms with Crippen LogP contribution in [-0.4, -0.2) is 4.98 Å². The molecule has 0 saturated carbocycles. The maximum absolute atomic E-state index is 13.1. The number of nitrogens with one attached hydrogen (secondary N) is 1. The van der Waals surface area contributed by atoms with Crippen LogP contribution in [0.2, 0.25) is 5.02 Å². The van der Waals surface area contributed by atoms with Crippen LogP contribution in [0, 0.1) is 12.7 Å². The third-order valence-electron chi connectivity index (χ3n) is 2.70. The highest BCUT2D eigenvalue weighted by Gasteiger charge is 2.00. The number of aromatic nitrogens is 1. The van der Waals surface area contributed by atoms with Crippen molar-refractivity contribution >= 4 is 11.6 Å². The van der Waals surface area contributed by atoms with Crippen molar-refractivity contribution in [3.05, 3.63) is 64.2 Å². The summed E-state index contributed by atoms with van der Waals surface area (Å²) in [7, 11) is 0. The molecule has 2 rings (SSSR count). The topological polar surface area (TPSA) is 24.9 Å². The normalized spacial score (nSPS) is 10.6. The summed E-state index contributed by atoms with van der Waals surface area (Å²) in [6.07, 6.45) is 3.60. The second-order valence-electron chi connectivity index (χ2n) is 4.18. The van der Waals surface area contributed by atoms with Gasteiger partial charge in [0, 0.05) is 30.5 Å². The first-order valence-electron chi connectivity index (χ1n) is 5.70. The van der Waals surface area contributed by atoms with E-state index >= 15 is 0 Å². The molecule has 1 aromatic heterocycles. The predicted molar refractivity (Wildman–Crippen MR) is 70.9 cm³/mol. The minimum absolute atomic E-state index is 0.306. The molecule has 0 unspecified atom stereocenters. The lowest BCUT2D eigenvalue weighted by atomic mass is 10.1. The van der Waals surface area contributed by atoms with Gasteiger partial charge in [-0.3, -0.25) is 4.98 Å². The molecule has 0 aliphatic carbocycles. The number of nitrogens with zero attached hydrogens (tertiary/aromatic N) is 1. The van der Waals surface area contributed by atoms with Crippen molar-refractivity contribution < 1.29 is 4.39 Å². The molecule has 1 aromatic carbocycles. The fourth-order valence-electron chi connectivity index (χ4n) is 1.76. The van der Waals surface area contributed by atoms with E-state index in [1.807, 2.05) is 19.2 Å². The fraction of sp³-hybridized carbons (Fsp3) is 0.214. The van der Waals surface area contributed by atoms with Crippen molar-refractivity contribution in [2.75, 3.05) is 0 Å². The van der Waals surface area contributed by atoms with Gasteiger partial charge in [0.1, 0.15) is 5.82 Å². The first-order chi connectivity index (χ1) is 8.65. The van der Waals surface area contributed by atoms with Crippen LogP contribution >= 0.6 is 11.6 Å². The molecule has 18 heavy (non-hydrogen) atoms. The summed E-state index contributed by atoms with van der Waals surface area (Å²) < 4.78 is 13.1. The van der Waals surface area contributed by atoms with Crippen molar-refractivity contribution in [2.24, 2.45) is 0 Å². The quantitative estimate of drug-likeness (QED) is 0.915. The van der Waals surface area contributed by atoms with Crippen LogP contribution in [0.1, 0.15) is 16.7 Å². The fourth-order valence-corrected chi connectivity index (χ4v) is 2.00. The summed E-state index contributed by atoms with van der Waals surface area (Å²) in [4.78, 5) is 4.04. The van der Waals surface area contributed by atoms with Crippen molar-refractivity contribution in [1.82, 2.24) is 10.3 Å². The molecule has 0 amide bonds. The summed E-state index contributed by atoms with van der Waals surface area (Å²) in [5.41, 5.74) is 3.17. The van der Waals surface area contributed by atoms with Crippen LogP contribution in [0.3, 0.4) is 0 Å². The monoisotopic (exact) mass is 264 g/mol. The standard InChI is InChI=1S/C14H14ClFN2/c1-10-7-17-3-2-12(10)9-18-8-11-4-13(15)6-14(16)5-11/h2-7,18H,8-9H2,1H3. The Balaban J connectivity index is 1.94. The smallest absolute Gasteiger partial charge is 0.125 e. The molecule has 2 aromatic rings. The molecular weight excluding hydrogens is 251 g/mol. The number of halogens is 2. The Morgan fingerprint density at radius 3 is 2.83 bits per heavy atom. The predicted octanol–water partition coefficient (Wildman–Crippen LogP) is 3.47. The number of hydrogen-bond donors (Lipinski definition) is 1. The summed E-state index contributed by atoms with van der Waals surface area (Å²) in [6, 6.07) is 6.52. The number of benzene rings is 1. The molecule has 1 N–H and O–H groups in total. The van der Waals surface area contributed by atoms with E-state index in [1.165, 1.54) is 17.7 Å². The van der Waals surface area contributed by atoms with Crippen LogP contribution in [0.15, 0.2) is 36.7 Å². The van der Waals surface area contributed by atoms with Crippen LogP contribution < -0.4 is 5.32 Å². The summed E-state index contributed by atoms with van der Waals surface area (Å²) in [5.74, 6) is -0.306. The lowest BCUT2D eigenvalue weighted by Crippen LogP contribution is -2.13. The first kappa shape index (κ1) is 13.0. The van der Waals surface area contributed by atoms with Crippen LogP contribution in [0.4, 0.5) is 4.39 Å². The van der Waals surface area contributed by atoms with Gasteiger partial charge >= 0.3 is 0 Å². The van der Waals surface area contributed by atoms with Crippen LogP contribution in [-0.2, 0) is 13.1 Å². The van der Waals surface area contributed by atoms with Crippen molar-refractivity contribution in [3.8, 4) is 0 Å². The molecule has 0 atom stereocenters. The second-order valence-corrected chi connectivity index (χ2v) is 4.62. The maximum Gasteiger partial charge on any atom is 0.125 e. The molecular formula is C14H14ClFN2. The average molecular weight is 265 g/mol. The lowest BCUT2D eigenvalue weighted by molar-refractivity contribution is 0.620. The molecule has 0 saturated heterocycles. The van der Waals surface area contributed by atoms with Gasteiger partial charge in [0.25, 0.3) is 0 Å². The Morgan fingerprint density at radius 2 is 2.11 bits per heavy atom. The SMILES string of the molecule is Cc1cnccc1CNCc1cc(F)cc(Cl)c1. The van der Waals surface area contributed by atoms with Crippen LogP contribution in [0.25, 0.3) is 0 Å². The van der Waals surface area contributed by atoms with Gasteiger partial charge in [0.2, 0.25) is 0 Å². The van der Waals surface area contributed by atoms with Gasteiger partial charge in [-0.2, -0.15) is 0 Å².